The first-order valence-corrected chi connectivity index (χ1v) is 11.1. The fraction of sp³-hybridized carbons (Fsp3) is 0.550. The average molecular weight is 512 g/mol. The SMILES string of the molecule is CC(C)(C)OC(=O)N1CCC(Nc2ccc3sc(C#N)nc3c2I)C(C)(C)C1. The van der Waals surface area contributed by atoms with Gasteiger partial charge in [-0.05, 0) is 61.9 Å². The number of carbonyl (C=O) groups excluding carboxylic acids is 1. The van der Waals surface area contributed by atoms with Gasteiger partial charge in [0.2, 0.25) is 0 Å². The van der Waals surface area contributed by atoms with E-state index in [-0.39, 0.29) is 17.6 Å². The first kappa shape index (κ1) is 21.1. The van der Waals surface area contributed by atoms with Gasteiger partial charge in [-0.15, -0.1) is 11.3 Å². The molecule has 1 aromatic carbocycles. The molecule has 0 saturated carbocycles. The van der Waals surface area contributed by atoms with Gasteiger partial charge in [-0.25, -0.2) is 9.78 Å². The maximum atomic E-state index is 12.4. The van der Waals surface area contributed by atoms with Crippen molar-refractivity contribution in [2.24, 2.45) is 5.41 Å². The predicted octanol–water partition coefficient (Wildman–Crippen LogP) is 5.22. The molecule has 1 unspecified atom stereocenters. The van der Waals surface area contributed by atoms with Crippen molar-refractivity contribution in [1.82, 2.24) is 9.88 Å². The number of carbonyl (C=O) groups is 1. The van der Waals surface area contributed by atoms with E-state index >= 15 is 0 Å². The smallest absolute Gasteiger partial charge is 0.410 e. The van der Waals surface area contributed by atoms with Gasteiger partial charge in [0.1, 0.15) is 11.7 Å². The molecule has 1 atom stereocenters. The number of halogens is 1. The zero-order valence-electron chi connectivity index (χ0n) is 16.8. The van der Waals surface area contributed by atoms with Crippen LogP contribution in [0.4, 0.5) is 10.5 Å². The molecule has 0 spiro atoms. The highest BCUT2D eigenvalue weighted by molar-refractivity contribution is 14.1. The molecule has 1 N–H and O–H groups in total. The van der Waals surface area contributed by atoms with Crippen LogP contribution in [0.15, 0.2) is 12.1 Å². The molecule has 6 nitrogen and oxygen atoms in total. The molecule has 1 amide bonds. The number of nitrogens with one attached hydrogen (secondary N) is 1. The number of hydrogen-bond acceptors (Lipinski definition) is 6. The van der Waals surface area contributed by atoms with Crippen molar-refractivity contribution in [3.05, 3.63) is 20.7 Å². The Morgan fingerprint density at radius 1 is 1.46 bits per heavy atom. The van der Waals surface area contributed by atoms with Crippen LogP contribution in [0.5, 0.6) is 0 Å². The highest BCUT2D eigenvalue weighted by atomic mass is 127. The van der Waals surface area contributed by atoms with Gasteiger partial charge in [0, 0.05) is 24.5 Å². The maximum absolute atomic E-state index is 12.4. The van der Waals surface area contributed by atoms with E-state index in [1.54, 1.807) is 4.90 Å². The summed E-state index contributed by atoms with van der Waals surface area (Å²) in [4.78, 5) is 18.7. The largest absolute Gasteiger partial charge is 0.444 e. The molecule has 0 aliphatic carbocycles. The van der Waals surface area contributed by atoms with Gasteiger partial charge >= 0.3 is 6.09 Å². The second-order valence-electron chi connectivity index (χ2n) is 8.78. The summed E-state index contributed by atoms with van der Waals surface area (Å²) in [5.74, 6) is 0. The minimum atomic E-state index is -0.488. The number of rotatable bonds is 2. The number of likely N-dealkylation sites (tertiary alicyclic amines) is 1. The number of piperidine rings is 1. The molecule has 1 fully saturated rings. The van der Waals surface area contributed by atoms with E-state index in [0.717, 1.165) is 25.9 Å². The van der Waals surface area contributed by atoms with E-state index in [4.69, 9.17) is 10.00 Å². The summed E-state index contributed by atoms with van der Waals surface area (Å²) < 4.78 is 7.58. The van der Waals surface area contributed by atoms with E-state index in [1.807, 2.05) is 26.8 Å². The van der Waals surface area contributed by atoms with Gasteiger partial charge in [0.15, 0.2) is 5.01 Å². The van der Waals surface area contributed by atoms with Gasteiger partial charge in [-0.3, -0.25) is 0 Å². The Morgan fingerprint density at radius 3 is 2.79 bits per heavy atom. The molecule has 1 aliphatic heterocycles. The molecule has 150 valence electrons. The number of ether oxygens (including phenoxy) is 1. The predicted molar refractivity (Wildman–Crippen MR) is 121 cm³/mol. The standard InChI is InChI=1S/C20H25IN4O2S/c1-19(2,3)27-18(26)25-9-8-14(20(4,5)11-25)23-12-6-7-13-17(16(12)21)24-15(10-22)28-13/h6-7,14,23H,8-9,11H2,1-5H3. The van der Waals surface area contributed by atoms with E-state index in [9.17, 15) is 4.79 Å². The number of fused-ring (bicyclic) bond motifs is 1. The van der Waals surface area contributed by atoms with Crippen LogP contribution in [0.2, 0.25) is 0 Å². The second-order valence-corrected chi connectivity index (χ2v) is 10.9. The Labute approximate surface area is 183 Å². The molecule has 3 rings (SSSR count). The Hall–Kier alpha value is -1.60. The van der Waals surface area contributed by atoms with E-state index in [0.29, 0.717) is 18.1 Å². The molecule has 28 heavy (non-hydrogen) atoms. The molecule has 1 aromatic heterocycles. The van der Waals surface area contributed by atoms with Crippen LogP contribution in [0.1, 0.15) is 46.0 Å². The van der Waals surface area contributed by atoms with Crippen molar-refractivity contribution >= 4 is 55.9 Å². The number of nitrogens with zero attached hydrogens (tertiary/aromatic N) is 3. The van der Waals surface area contributed by atoms with Crippen molar-refractivity contribution in [3.8, 4) is 6.07 Å². The monoisotopic (exact) mass is 512 g/mol. The van der Waals surface area contributed by atoms with Gasteiger partial charge in [0.25, 0.3) is 0 Å². The molecule has 1 saturated heterocycles. The zero-order valence-corrected chi connectivity index (χ0v) is 19.8. The number of anilines is 1. The van der Waals surface area contributed by atoms with Crippen molar-refractivity contribution in [2.45, 2.75) is 52.7 Å². The van der Waals surface area contributed by atoms with Crippen molar-refractivity contribution < 1.29 is 9.53 Å². The van der Waals surface area contributed by atoms with Gasteiger partial charge in [-0.1, -0.05) is 13.8 Å². The fourth-order valence-corrected chi connectivity index (χ4v) is 5.12. The lowest BCUT2D eigenvalue weighted by atomic mass is 9.79. The van der Waals surface area contributed by atoms with Gasteiger partial charge in [-0.2, -0.15) is 5.26 Å². The molecule has 0 bridgehead atoms. The quantitative estimate of drug-likeness (QED) is 0.559. The summed E-state index contributed by atoms with van der Waals surface area (Å²) >= 11 is 3.70. The van der Waals surface area contributed by atoms with Crippen molar-refractivity contribution in [1.29, 1.82) is 5.26 Å². The topological polar surface area (TPSA) is 78.2 Å². The lowest BCUT2D eigenvalue weighted by Crippen LogP contribution is -2.54. The highest BCUT2D eigenvalue weighted by Gasteiger charge is 2.39. The van der Waals surface area contributed by atoms with Crippen LogP contribution < -0.4 is 5.32 Å². The van der Waals surface area contributed by atoms with Crippen molar-refractivity contribution in [2.75, 3.05) is 18.4 Å². The summed E-state index contributed by atoms with van der Waals surface area (Å²) in [5.41, 5.74) is 1.29. The van der Waals surface area contributed by atoms with E-state index in [2.05, 4.69) is 58.9 Å². The third-order valence-corrected chi connectivity index (χ3v) is 6.82. The summed E-state index contributed by atoms with van der Waals surface area (Å²) in [6.07, 6.45) is 0.586. The molecule has 0 radical (unpaired) electrons. The third-order valence-electron chi connectivity index (χ3n) is 4.81. The average Bonchev–Trinajstić information content (AvgIpc) is 3.01. The minimum absolute atomic E-state index is 0.118. The number of aromatic nitrogens is 1. The normalized spacial score (nSPS) is 19.3. The fourth-order valence-electron chi connectivity index (χ4n) is 3.42. The van der Waals surface area contributed by atoms with E-state index < -0.39 is 5.60 Å². The van der Waals surface area contributed by atoms with Crippen LogP contribution >= 0.6 is 33.9 Å². The van der Waals surface area contributed by atoms with Crippen LogP contribution in [0.3, 0.4) is 0 Å². The number of amides is 1. The number of benzene rings is 1. The lowest BCUT2D eigenvalue weighted by molar-refractivity contribution is 0.00691. The molecule has 2 heterocycles. The van der Waals surface area contributed by atoms with Crippen LogP contribution in [0, 0.1) is 20.3 Å². The number of thiazole rings is 1. The summed E-state index contributed by atoms with van der Waals surface area (Å²) in [7, 11) is 0. The van der Waals surface area contributed by atoms with E-state index in [1.165, 1.54) is 11.3 Å². The Bertz CT molecular complexity index is 942. The zero-order chi connectivity index (χ0) is 20.7. The van der Waals surface area contributed by atoms with Gasteiger partial charge in [0.05, 0.1) is 19.5 Å². The Morgan fingerprint density at radius 2 is 2.18 bits per heavy atom. The summed E-state index contributed by atoms with van der Waals surface area (Å²) in [5, 5.41) is 13.3. The minimum Gasteiger partial charge on any atom is -0.444 e. The van der Waals surface area contributed by atoms with Crippen LogP contribution in [0.25, 0.3) is 10.2 Å². The maximum Gasteiger partial charge on any atom is 0.410 e. The molecular formula is C20H25IN4O2S. The third kappa shape index (κ3) is 4.51. The molecular weight excluding hydrogens is 487 g/mol. The second kappa shape index (κ2) is 7.67. The first-order valence-electron chi connectivity index (χ1n) is 9.24. The number of hydrogen-bond donors (Lipinski definition) is 1. The van der Waals surface area contributed by atoms with Crippen LogP contribution in [-0.4, -0.2) is 40.7 Å². The Kier molecular flexibility index (Phi) is 5.79. The molecule has 1 aliphatic rings. The van der Waals surface area contributed by atoms with Gasteiger partial charge < -0.3 is 15.0 Å². The van der Waals surface area contributed by atoms with Crippen molar-refractivity contribution in [3.63, 3.8) is 0 Å². The van der Waals surface area contributed by atoms with Crippen LogP contribution in [-0.2, 0) is 4.74 Å². The first-order chi connectivity index (χ1) is 13.0. The summed E-state index contributed by atoms with van der Waals surface area (Å²) in [6.45, 7) is 11.3. The molecule has 2 aromatic rings. The highest BCUT2D eigenvalue weighted by Crippen LogP contribution is 2.36. The summed E-state index contributed by atoms with van der Waals surface area (Å²) in [6, 6.07) is 6.41. The lowest BCUT2D eigenvalue weighted by Gasteiger charge is -2.45. The number of nitriles is 1. The Balaban J connectivity index is 1.75. The molecule has 8 heteroatoms.